The van der Waals surface area contributed by atoms with Crippen LogP contribution in [-0.4, -0.2) is 9.13 Å². The molecule has 0 saturated heterocycles. The molecule has 2 heterocycles. The third kappa shape index (κ3) is 5.05. The molecule has 1 aliphatic rings. The van der Waals surface area contributed by atoms with Gasteiger partial charge in [0, 0.05) is 32.6 Å². The predicted molar refractivity (Wildman–Crippen MR) is 273 cm³/mol. The molecule has 302 valence electrons. The zero-order valence-electron chi connectivity index (χ0n) is 35.5. The highest BCUT2D eigenvalue weighted by atomic mass is 15.0. The van der Waals surface area contributed by atoms with E-state index < -0.39 is 5.41 Å². The van der Waals surface area contributed by atoms with Crippen molar-refractivity contribution in [1.82, 2.24) is 9.13 Å². The quantitative estimate of drug-likeness (QED) is 0.164. The van der Waals surface area contributed by atoms with Crippen molar-refractivity contribution >= 4 is 65.2 Å². The molecule has 2 nitrogen and oxygen atoms in total. The second-order valence-corrected chi connectivity index (χ2v) is 17.6. The lowest BCUT2D eigenvalue weighted by Crippen LogP contribution is -2.28. The number of benzene rings is 11. The molecule has 0 saturated carbocycles. The number of hydrogen-bond donors (Lipinski definition) is 0. The highest BCUT2D eigenvalue weighted by molar-refractivity contribution is 6.19. The van der Waals surface area contributed by atoms with Crippen molar-refractivity contribution in [3.63, 3.8) is 0 Å². The van der Waals surface area contributed by atoms with Gasteiger partial charge in [0.25, 0.3) is 0 Å². The van der Waals surface area contributed by atoms with E-state index in [9.17, 15) is 0 Å². The molecular weight excluding hydrogens is 785 g/mol. The van der Waals surface area contributed by atoms with Crippen molar-refractivity contribution < 1.29 is 0 Å². The lowest BCUT2D eigenvalue weighted by molar-refractivity contribution is 0.769. The first-order valence-electron chi connectivity index (χ1n) is 22.6. The lowest BCUT2D eigenvalue weighted by Gasteiger charge is -2.33. The normalized spacial score (nSPS) is 13.0. The average molecular weight is 825 g/mol. The number of fused-ring (bicyclic) bond motifs is 12. The average Bonchev–Trinajstić information content (AvgIpc) is 4.00. The van der Waals surface area contributed by atoms with Gasteiger partial charge in [0.15, 0.2) is 0 Å². The maximum Gasteiger partial charge on any atom is 0.0713 e. The first-order valence-corrected chi connectivity index (χ1v) is 22.6. The van der Waals surface area contributed by atoms with Gasteiger partial charge in [-0.25, -0.2) is 0 Å². The van der Waals surface area contributed by atoms with E-state index in [-0.39, 0.29) is 0 Å². The van der Waals surface area contributed by atoms with Crippen LogP contribution < -0.4 is 0 Å². The standard InChI is InChI=1S/C63H40N2/c1-3-20-46(21-4-1)63(47-22-5-2-6-23-47)54-27-13-11-26-51(54)61-55(63)34-37-60-62(61)53-40-45(32-36-59(53)64(60)48-33-30-41-16-7-8-18-43(41)38-48)44-31-35-58-52(39-44)50-25-12-14-28-57(50)65(58)56-29-15-19-42-17-9-10-24-49(42)56/h1-40H. The predicted octanol–water partition coefficient (Wildman–Crippen LogP) is 16.2. The minimum atomic E-state index is -0.499. The summed E-state index contributed by atoms with van der Waals surface area (Å²) in [5.74, 6) is 0. The number of hydrogen-bond acceptors (Lipinski definition) is 0. The Morgan fingerprint density at radius 2 is 0.892 bits per heavy atom. The molecule has 0 aliphatic heterocycles. The summed E-state index contributed by atoms with van der Waals surface area (Å²) in [6, 6.07) is 90.2. The van der Waals surface area contributed by atoms with Gasteiger partial charge in [-0.05, 0) is 115 Å². The van der Waals surface area contributed by atoms with Gasteiger partial charge in [-0.1, -0.05) is 188 Å². The van der Waals surface area contributed by atoms with E-state index in [2.05, 4.69) is 252 Å². The summed E-state index contributed by atoms with van der Waals surface area (Å²) in [7, 11) is 0. The van der Waals surface area contributed by atoms with Crippen LogP contribution in [0.5, 0.6) is 0 Å². The van der Waals surface area contributed by atoms with Crippen LogP contribution >= 0.6 is 0 Å². The van der Waals surface area contributed by atoms with Crippen molar-refractivity contribution in [3.8, 4) is 33.6 Å². The van der Waals surface area contributed by atoms with Gasteiger partial charge in [-0.15, -0.1) is 0 Å². The first-order chi connectivity index (χ1) is 32.3. The second kappa shape index (κ2) is 13.8. The first kappa shape index (κ1) is 36.1. The monoisotopic (exact) mass is 824 g/mol. The Bertz CT molecular complexity index is 4010. The smallest absolute Gasteiger partial charge is 0.0713 e. The molecule has 2 aromatic heterocycles. The molecule has 0 spiro atoms. The van der Waals surface area contributed by atoms with Crippen molar-refractivity contribution in [2.45, 2.75) is 5.41 Å². The Balaban J connectivity index is 1.07. The Kier molecular flexibility index (Phi) is 7.64. The summed E-state index contributed by atoms with van der Waals surface area (Å²) in [5.41, 5.74) is 16.8. The van der Waals surface area contributed by atoms with Crippen LogP contribution in [0.4, 0.5) is 0 Å². The minimum absolute atomic E-state index is 0.499. The van der Waals surface area contributed by atoms with E-state index in [1.807, 2.05) is 0 Å². The molecule has 0 radical (unpaired) electrons. The Morgan fingerprint density at radius 3 is 1.68 bits per heavy atom. The van der Waals surface area contributed by atoms with E-state index in [4.69, 9.17) is 0 Å². The number of aromatic nitrogens is 2. The Morgan fingerprint density at radius 1 is 0.308 bits per heavy atom. The van der Waals surface area contributed by atoms with Crippen LogP contribution in [0.2, 0.25) is 0 Å². The van der Waals surface area contributed by atoms with Gasteiger partial charge in [0.1, 0.15) is 0 Å². The van der Waals surface area contributed by atoms with Gasteiger partial charge in [0.2, 0.25) is 0 Å². The van der Waals surface area contributed by atoms with Crippen LogP contribution in [0.1, 0.15) is 22.3 Å². The molecule has 0 unspecified atom stereocenters. The maximum atomic E-state index is 2.50. The van der Waals surface area contributed by atoms with Crippen LogP contribution in [-0.2, 0) is 5.41 Å². The van der Waals surface area contributed by atoms with Crippen molar-refractivity contribution in [2.75, 3.05) is 0 Å². The third-order valence-corrected chi connectivity index (χ3v) is 14.4. The lowest BCUT2D eigenvalue weighted by atomic mass is 9.67. The van der Waals surface area contributed by atoms with E-state index >= 15 is 0 Å². The van der Waals surface area contributed by atoms with Crippen molar-refractivity contribution in [3.05, 3.63) is 265 Å². The highest BCUT2D eigenvalue weighted by Gasteiger charge is 2.47. The fraction of sp³-hybridized carbons (Fsp3) is 0.0159. The topological polar surface area (TPSA) is 9.86 Å². The SMILES string of the molecule is c1ccc(C2(c3ccccc3)c3ccccc3-c3c2ccc2c3c3cc(-c4ccc5c(c4)c4ccccc4n5-c4cccc5ccccc45)ccc3n2-c2ccc3ccccc3c2)cc1. The Hall–Kier alpha value is -8.46. The zero-order valence-corrected chi connectivity index (χ0v) is 35.5. The summed E-state index contributed by atoms with van der Waals surface area (Å²) in [5, 5.41) is 9.96. The van der Waals surface area contributed by atoms with Crippen LogP contribution in [0.25, 0.3) is 98.8 Å². The molecule has 1 aliphatic carbocycles. The zero-order chi connectivity index (χ0) is 42.6. The molecule has 11 aromatic carbocycles. The fourth-order valence-electron chi connectivity index (χ4n) is 11.6. The number of para-hydroxylation sites is 1. The summed E-state index contributed by atoms with van der Waals surface area (Å²) in [6.07, 6.45) is 0. The summed E-state index contributed by atoms with van der Waals surface area (Å²) in [6.45, 7) is 0. The number of nitrogens with zero attached hydrogens (tertiary/aromatic N) is 2. The van der Waals surface area contributed by atoms with Gasteiger partial charge in [-0.3, -0.25) is 0 Å². The molecule has 65 heavy (non-hydrogen) atoms. The van der Waals surface area contributed by atoms with E-state index in [1.54, 1.807) is 0 Å². The van der Waals surface area contributed by atoms with Gasteiger partial charge in [0.05, 0.1) is 33.2 Å². The second-order valence-electron chi connectivity index (χ2n) is 17.6. The molecule has 0 fully saturated rings. The van der Waals surface area contributed by atoms with Gasteiger partial charge >= 0.3 is 0 Å². The molecule has 0 atom stereocenters. The fourth-order valence-corrected chi connectivity index (χ4v) is 11.6. The summed E-state index contributed by atoms with van der Waals surface area (Å²) >= 11 is 0. The third-order valence-electron chi connectivity index (χ3n) is 14.4. The maximum absolute atomic E-state index is 2.50. The molecule has 0 N–H and O–H groups in total. The minimum Gasteiger partial charge on any atom is -0.309 e. The van der Waals surface area contributed by atoms with Gasteiger partial charge in [-0.2, -0.15) is 0 Å². The Labute approximate surface area is 376 Å². The van der Waals surface area contributed by atoms with Crippen LogP contribution in [0.15, 0.2) is 243 Å². The summed E-state index contributed by atoms with van der Waals surface area (Å²) < 4.78 is 4.94. The molecular formula is C63H40N2. The largest absolute Gasteiger partial charge is 0.309 e. The number of rotatable bonds is 5. The van der Waals surface area contributed by atoms with Gasteiger partial charge < -0.3 is 9.13 Å². The molecule has 13 aromatic rings. The van der Waals surface area contributed by atoms with Crippen LogP contribution in [0.3, 0.4) is 0 Å². The highest BCUT2D eigenvalue weighted by Crippen LogP contribution is 2.59. The van der Waals surface area contributed by atoms with Crippen LogP contribution in [0, 0.1) is 0 Å². The van der Waals surface area contributed by atoms with E-state index in [0.717, 1.165) is 5.69 Å². The molecule has 2 heteroatoms. The molecule has 0 bridgehead atoms. The van der Waals surface area contributed by atoms with Crippen molar-refractivity contribution in [2.24, 2.45) is 0 Å². The van der Waals surface area contributed by atoms with E-state index in [1.165, 1.54) is 115 Å². The summed E-state index contributed by atoms with van der Waals surface area (Å²) in [4.78, 5) is 0. The van der Waals surface area contributed by atoms with Crippen molar-refractivity contribution in [1.29, 1.82) is 0 Å². The molecule has 14 rings (SSSR count). The van der Waals surface area contributed by atoms with E-state index in [0.29, 0.717) is 0 Å². The molecule has 0 amide bonds.